The van der Waals surface area contributed by atoms with Crippen LogP contribution in [0.3, 0.4) is 0 Å². The summed E-state index contributed by atoms with van der Waals surface area (Å²) >= 11 is 0. The molecule has 15 heavy (non-hydrogen) atoms. The average Bonchev–Trinajstić information content (AvgIpc) is 2.20. The highest BCUT2D eigenvalue weighted by Gasteiger charge is 1.98. The maximum absolute atomic E-state index is 11.8. The predicted molar refractivity (Wildman–Crippen MR) is 56.9 cm³/mol. The van der Waals surface area contributed by atoms with Gasteiger partial charge in [-0.3, -0.25) is 9.18 Å². The molecule has 0 aliphatic carbocycles. The zero-order valence-corrected chi connectivity index (χ0v) is 8.83. The number of hydrogen-bond acceptors (Lipinski definition) is 2. The summed E-state index contributed by atoms with van der Waals surface area (Å²) in [5.41, 5.74) is 0.973. The highest BCUT2D eigenvalue weighted by atomic mass is 19.1. The minimum absolute atomic E-state index is 0.140. The number of hydrogen-bond donors (Lipinski definition) is 0. The first kappa shape index (κ1) is 11.7. The molecule has 0 unspecified atom stereocenters. The minimum atomic E-state index is -0.359. The Bertz CT molecular complexity index is 306. The van der Waals surface area contributed by atoms with Gasteiger partial charge in [-0.05, 0) is 24.6 Å². The molecule has 0 saturated carbocycles. The third kappa shape index (κ3) is 4.58. The maximum Gasteiger partial charge on any atom is 0.134 e. The van der Waals surface area contributed by atoms with Crippen LogP contribution in [-0.4, -0.2) is 19.1 Å². The van der Waals surface area contributed by atoms with Gasteiger partial charge in [-0.1, -0.05) is 12.1 Å². The van der Waals surface area contributed by atoms with E-state index < -0.39 is 0 Å². The fourth-order valence-electron chi connectivity index (χ4n) is 1.24. The molecular weight excluding hydrogens is 195 g/mol. The Kier molecular flexibility index (Phi) is 4.81. The van der Waals surface area contributed by atoms with Crippen LogP contribution in [0.4, 0.5) is 4.39 Å². The number of halogens is 1. The van der Waals surface area contributed by atoms with Crippen LogP contribution in [0.15, 0.2) is 24.3 Å². The van der Waals surface area contributed by atoms with E-state index >= 15 is 0 Å². The topological polar surface area (TPSA) is 26.3 Å². The van der Waals surface area contributed by atoms with Gasteiger partial charge in [0, 0.05) is 12.8 Å². The van der Waals surface area contributed by atoms with E-state index in [-0.39, 0.29) is 12.5 Å². The smallest absolute Gasteiger partial charge is 0.134 e. The van der Waals surface area contributed by atoms with E-state index in [1.54, 1.807) is 19.1 Å². The van der Waals surface area contributed by atoms with Gasteiger partial charge in [-0.25, -0.2) is 0 Å². The van der Waals surface area contributed by atoms with E-state index in [0.29, 0.717) is 19.4 Å². The van der Waals surface area contributed by atoms with Gasteiger partial charge in [-0.15, -0.1) is 0 Å². The number of Topliss-reactive ketones (excluding diaryl/α,β-unsaturated/α-hetero) is 1. The zero-order valence-electron chi connectivity index (χ0n) is 8.83. The Morgan fingerprint density at radius 2 is 2.00 bits per heavy atom. The van der Waals surface area contributed by atoms with Gasteiger partial charge in [0.15, 0.2) is 0 Å². The number of carbonyl (C=O) groups is 1. The van der Waals surface area contributed by atoms with Crippen molar-refractivity contribution in [2.24, 2.45) is 0 Å². The molecular formula is C12H15FO2. The SMILES string of the molecule is CC(=O)Cc1ccc(OCCCF)cc1. The van der Waals surface area contributed by atoms with Crippen LogP contribution in [0.1, 0.15) is 18.9 Å². The van der Waals surface area contributed by atoms with Crippen molar-refractivity contribution in [2.45, 2.75) is 19.8 Å². The number of rotatable bonds is 6. The van der Waals surface area contributed by atoms with Gasteiger partial charge >= 0.3 is 0 Å². The first-order valence-corrected chi connectivity index (χ1v) is 4.99. The monoisotopic (exact) mass is 210 g/mol. The zero-order chi connectivity index (χ0) is 11.1. The van der Waals surface area contributed by atoms with Gasteiger partial charge in [0.05, 0.1) is 13.3 Å². The summed E-state index contributed by atoms with van der Waals surface area (Å²) in [4.78, 5) is 10.8. The van der Waals surface area contributed by atoms with E-state index in [1.165, 1.54) is 0 Å². The molecule has 0 atom stereocenters. The number of alkyl halides is 1. The van der Waals surface area contributed by atoms with Crippen molar-refractivity contribution in [2.75, 3.05) is 13.3 Å². The number of carbonyl (C=O) groups excluding carboxylic acids is 1. The van der Waals surface area contributed by atoms with Crippen LogP contribution in [0.5, 0.6) is 5.75 Å². The quantitative estimate of drug-likeness (QED) is 0.674. The summed E-state index contributed by atoms with van der Waals surface area (Å²) in [5, 5.41) is 0. The first-order chi connectivity index (χ1) is 7.22. The molecule has 1 rings (SSSR count). The van der Waals surface area contributed by atoms with Crippen LogP contribution in [0, 0.1) is 0 Å². The van der Waals surface area contributed by atoms with Crippen molar-refractivity contribution in [3.8, 4) is 5.75 Å². The Hall–Kier alpha value is -1.38. The molecule has 82 valence electrons. The van der Waals surface area contributed by atoms with Crippen molar-refractivity contribution in [3.63, 3.8) is 0 Å². The van der Waals surface area contributed by atoms with Crippen LogP contribution in [0.25, 0.3) is 0 Å². The molecule has 2 nitrogen and oxygen atoms in total. The minimum Gasteiger partial charge on any atom is -0.494 e. The standard InChI is InChI=1S/C12H15FO2/c1-10(14)9-11-3-5-12(6-4-11)15-8-2-7-13/h3-6H,2,7-9H2,1H3. The lowest BCUT2D eigenvalue weighted by Crippen LogP contribution is -1.99. The molecule has 0 aliphatic heterocycles. The van der Waals surface area contributed by atoms with E-state index in [1.807, 2.05) is 12.1 Å². The van der Waals surface area contributed by atoms with Gasteiger partial charge < -0.3 is 4.74 Å². The van der Waals surface area contributed by atoms with Gasteiger partial charge in [0.2, 0.25) is 0 Å². The molecule has 0 fully saturated rings. The van der Waals surface area contributed by atoms with E-state index in [4.69, 9.17) is 4.74 Å². The summed E-state index contributed by atoms with van der Waals surface area (Å²) < 4.78 is 17.1. The summed E-state index contributed by atoms with van der Waals surface area (Å²) in [6.07, 6.45) is 0.861. The first-order valence-electron chi connectivity index (χ1n) is 4.99. The van der Waals surface area contributed by atoms with E-state index in [0.717, 1.165) is 11.3 Å². The van der Waals surface area contributed by atoms with Crippen molar-refractivity contribution < 1.29 is 13.9 Å². The molecule has 3 heteroatoms. The molecule has 0 N–H and O–H groups in total. The molecule has 0 bridgehead atoms. The largest absolute Gasteiger partial charge is 0.494 e. The number of ether oxygens (including phenoxy) is 1. The fourth-order valence-corrected chi connectivity index (χ4v) is 1.24. The second kappa shape index (κ2) is 6.17. The van der Waals surface area contributed by atoms with E-state index in [9.17, 15) is 9.18 Å². The molecule has 1 aromatic carbocycles. The molecule has 0 spiro atoms. The van der Waals surface area contributed by atoms with Gasteiger partial charge in [0.25, 0.3) is 0 Å². The molecule has 1 aromatic rings. The Balaban J connectivity index is 2.45. The molecule has 0 amide bonds. The lowest BCUT2D eigenvalue weighted by atomic mass is 10.1. The van der Waals surface area contributed by atoms with Crippen LogP contribution in [-0.2, 0) is 11.2 Å². The number of ketones is 1. The molecule has 0 heterocycles. The molecule has 0 radical (unpaired) electrons. The highest BCUT2D eigenvalue weighted by Crippen LogP contribution is 2.12. The van der Waals surface area contributed by atoms with Crippen molar-refractivity contribution in [1.29, 1.82) is 0 Å². The summed E-state index contributed by atoms with van der Waals surface area (Å²) in [6.45, 7) is 1.59. The van der Waals surface area contributed by atoms with E-state index in [2.05, 4.69) is 0 Å². The second-order valence-corrected chi connectivity index (χ2v) is 3.41. The summed E-state index contributed by atoms with van der Waals surface area (Å²) in [5.74, 6) is 0.858. The van der Waals surface area contributed by atoms with Gasteiger partial charge in [-0.2, -0.15) is 0 Å². The van der Waals surface area contributed by atoms with Crippen LogP contribution >= 0.6 is 0 Å². The third-order valence-electron chi connectivity index (χ3n) is 1.92. The Morgan fingerprint density at radius 3 is 2.53 bits per heavy atom. The predicted octanol–water partition coefficient (Wildman–Crippen LogP) is 2.56. The number of benzene rings is 1. The Labute approximate surface area is 89.1 Å². The summed E-state index contributed by atoms with van der Waals surface area (Å²) in [6, 6.07) is 7.31. The summed E-state index contributed by atoms with van der Waals surface area (Å²) in [7, 11) is 0. The van der Waals surface area contributed by atoms with Crippen LogP contribution < -0.4 is 4.74 Å². The third-order valence-corrected chi connectivity index (χ3v) is 1.92. The van der Waals surface area contributed by atoms with Crippen LogP contribution in [0.2, 0.25) is 0 Å². The fraction of sp³-hybridized carbons (Fsp3) is 0.417. The highest BCUT2D eigenvalue weighted by molar-refractivity contribution is 5.78. The van der Waals surface area contributed by atoms with Crippen molar-refractivity contribution >= 4 is 5.78 Å². The van der Waals surface area contributed by atoms with Gasteiger partial charge in [0.1, 0.15) is 11.5 Å². The molecule has 0 aliphatic rings. The van der Waals surface area contributed by atoms with Crippen molar-refractivity contribution in [3.05, 3.63) is 29.8 Å². The molecule has 0 aromatic heterocycles. The molecule has 0 saturated heterocycles. The average molecular weight is 210 g/mol. The lowest BCUT2D eigenvalue weighted by Gasteiger charge is -2.05. The maximum atomic E-state index is 11.8. The normalized spacial score (nSPS) is 10.0. The van der Waals surface area contributed by atoms with Crippen molar-refractivity contribution in [1.82, 2.24) is 0 Å². The Morgan fingerprint density at radius 1 is 1.33 bits per heavy atom. The second-order valence-electron chi connectivity index (χ2n) is 3.41. The lowest BCUT2D eigenvalue weighted by molar-refractivity contribution is -0.116.